The molecule has 0 aromatic heterocycles. The predicted octanol–water partition coefficient (Wildman–Crippen LogP) is 2.78. The van der Waals surface area contributed by atoms with E-state index in [9.17, 15) is 24.3 Å². The molecule has 0 N–H and O–H groups in total. The number of fused-ring (bicyclic) bond motifs is 5. The van der Waals surface area contributed by atoms with Gasteiger partial charge in [-0.05, 0) is 80.6 Å². The van der Waals surface area contributed by atoms with Crippen molar-refractivity contribution in [2.45, 2.75) is 84.7 Å². The zero-order valence-electron chi connectivity index (χ0n) is 18.8. The molecule has 3 fully saturated rings. The number of carbonyl (C=O) groups is 4. The number of aliphatic carboxylic acids is 1. The topological polar surface area (TPSA) is 101 Å². The summed E-state index contributed by atoms with van der Waals surface area (Å²) >= 11 is 0. The lowest BCUT2D eigenvalue weighted by molar-refractivity contribution is -0.305. The largest absolute Gasteiger partial charge is 0.550 e. The minimum Gasteiger partial charge on any atom is -0.550 e. The number of esters is 1. The van der Waals surface area contributed by atoms with Crippen LogP contribution < -0.4 is 5.11 Å². The molecule has 4 aliphatic carbocycles. The van der Waals surface area contributed by atoms with Crippen LogP contribution in [0.4, 0.5) is 0 Å². The fraction of sp³-hybridized carbons (Fsp3) is 0.760. The third-order valence-corrected chi connectivity index (χ3v) is 9.18. The van der Waals surface area contributed by atoms with Crippen LogP contribution in [0, 0.1) is 34.5 Å². The van der Waals surface area contributed by atoms with Gasteiger partial charge in [-0.1, -0.05) is 19.4 Å². The van der Waals surface area contributed by atoms with Crippen molar-refractivity contribution in [3.63, 3.8) is 0 Å². The second-order valence-electron chi connectivity index (χ2n) is 10.7. The summed E-state index contributed by atoms with van der Waals surface area (Å²) < 4.78 is 6.00. The lowest BCUT2D eigenvalue weighted by atomic mass is 9.46. The highest BCUT2D eigenvalue weighted by molar-refractivity contribution is 5.91. The van der Waals surface area contributed by atoms with Gasteiger partial charge in [-0.25, -0.2) is 0 Å². The molecule has 0 aromatic rings. The molecule has 0 heterocycles. The van der Waals surface area contributed by atoms with E-state index in [1.54, 1.807) is 6.92 Å². The third-order valence-electron chi connectivity index (χ3n) is 9.18. The first-order chi connectivity index (χ1) is 14.6. The van der Waals surface area contributed by atoms with E-state index in [1.165, 1.54) is 5.57 Å². The van der Waals surface area contributed by atoms with Crippen LogP contribution in [0.2, 0.25) is 0 Å². The Morgan fingerprint density at radius 1 is 1.13 bits per heavy atom. The maximum Gasteiger partial charge on any atom is 0.306 e. The van der Waals surface area contributed by atoms with Crippen LogP contribution in [-0.2, 0) is 23.9 Å². The molecular weight excluding hydrogens is 396 g/mol. The summed E-state index contributed by atoms with van der Waals surface area (Å²) in [5, 5.41) is 10.8. The van der Waals surface area contributed by atoms with Crippen LogP contribution in [0.3, 0.4) is 0 Å². The lowest BCUT2D eigenvalue weighted by Gasteiger charge is -2.60. The van der Waals surface area contributed by atoms with Gasteiger partial charge in [-0.15, -0.1) is 0 Å². The van der Waals surface area contributed by atoms with Crippen molar-refractivity contribution in [1.29, 1.82) is 0 Å². The maximum absolute atomic E-state index is 12.6. The van der Waals surface area contributed by atoms with Gasteiger partial charge in [-0.2, -0.15) is 0 Å². The molecular formula is C25H33O6-. The minimum atomic E-state index is -1.27. The van der Waals surface area contributed by atoms with Gasteiger partial charge in [0.15, 0.2) is 5.78 Å². The van der Waals surface area contributed by atoms with E-state index in [0.717, 1.165) is 32.1 Å². The summed E-state index contributed by atoms with van der Waals surface area (Å²) in [7, 11) is 0. The van der Waals surface area contributed by atoms with Crippen LogP contribution in [-0.4, -0.2) is 29.6 Å². The molecule has 4 rings (SSSR count). The fourth-order valence-electron chi connectivity index (χ4n) is 7.86. The Morgan fingerprint density at radius 3 is 2.55 bits per heavy atom. The Morgan fingerprint density at radius 2 is 1.87 bits per heavy atom. The molecule has 6 heteroatoms. The number of rotatable bonds is 5. The molecule has 0 radical (unpaired) electrons. The number of carbonyl (C=O) groups excluding carboxylic acids is 4. The Hall–Kier alpha value is -1.98. The fourth-order valence-corrected chi connectivity index (χ4v) is 7.86. The molecule has 0 saturated heterocycles. The summed E-state index contributed by atoms with van der Waals surface area (Å²) in [5.41, 5.74) is 0.755. The molecule has 31 heavy (non-hydrogen) atoms. The van der Waals surface area contributed by atoms with E-state index in [1.807, 2.05) is 6.08 Å². The van der Waals surface area contributed by atoms with Gasteiger partial charge in [0.1, 0.15) is 11.9 Å². The van der Waals surface area contributed by atoms with Crippen molar-refractivity contribution < 1.29 is 29.0 Å². The number of Topliss-reactive ketones (excluding diaryl/α,β-unsaturated/α-hetero) is 1. The molecule has 170 valence electrons. The summed E-state index contributed by atoms with van der Waals surface area (Å²) in [4.78, 5) is 48.0. The van der Waals surface area contributed by atoms with E-state index in [4.69, 9.17) is 4.74 Å². The third kappa shape index (κ3) is 3.66. The molecule has 6 nitrogen and oxygen atoms in total. The molecule has 0 bridgehead atoms. The normalized spacial score (nSPS) is 41.5. The van der Waals surface area contributed by atoms with Crippen molar-refractivity contribution in [2.24, 2.45) is 34.5 Å². The highest BCUT2D eigenvalue weighted by Crippen LogP contribution is 2.67. The number of ether oxygens (including phenoxy) is 1. The number of ketones is 2. The smallest absolute Gasteiger partial charge is 0.306 e. The van der Waals surface area contributed by atoms with Crippen molar-refractivity contribution >= 4 is 23.5 Å². The average Bonchev–Trinajstić information content (AvgIpc) is 3.03. The number of carboxylic acid groups (broad SMARTS) is 1. The average molecular weight is 430 g/mol. The number of hydrogen-bond donors (Lipinski definition) is 0. The van der Waals surface area contributed by atoms with Gasteiger partial charge < -0.3 is 14.6 Å². The van der Waals surface area contributed by atoms with E-state index in [-0.39, 0.29) is 53.2 Å². The van der Waals surface area contributed by atoms with Crippen LogP contribution in [0.25, 0.3) is 0 Å². The zero-order valence-corrected chi connectivity index (χ0v) is 18.8. The molecule has 7 atom stereocenters. The first-order valence-electron chi connectivity index (χ1n) is 11.7. The van der Waals surface area contributed by atoms with Gasteiger partial charge in [0.05, 0.1) is 6.42 Å². The Bertz CT molecular complexity index is 843. The first-order valence-corrected chi connectivity index (χ1v) is 11.7. The SMILES string of the molecule is CC(=O)[C@H]1CC[C@H]2[C@H]3CCC4=CC(=O)CC[C@]4(C)[C@@H]3[C@H](OC(=O)CCC(=O)[O-])C[C@]12C. The highest BCUT2D eigenvalue weighted by Gasteiger charge is 2.63. The van der Waals surface area contributed by atoms with Gasteiger partial charge >= 0.3 is 5.97 Å². The van der Waals surface area contributed by atoms with Crippen molar-refractivity contribution in [3.8, 4) is 0 Å². The van der Waals surface area contributed by atoms with Crippen LogP contribution in [0.1, 0.15) is 78.6 Å². The number of hydrogen-bond acceptors (Lipinski definition) is 6. The van der Waals surface area contributed by atoms with E-state index in [0.29, 0.717) is 24.7 Å². The van der Waals surface area contributed by atoms with E-state index < -0.39 is 11.9 Å². The molecule has 0 spiro atoms. The Kier molecular flexibility index (Phi) is 5.63. The molecule has 4 aliphatic rings. The van der Waals surface area contributed by atoms with Gasteiger partial charge in [-0.3, -0.25) is 14.4 Å². The van der Waals surface area contributed by atoms with Crippen LogP contribution in [0.5, 0.6) is 0 Å². The zero-order chi connectivity index (χ0) is 22.6. The van der Waals surface area contributed by atoms with Crippen molar-refractivity contribution in [2.75, 3.05) is 0 Å². The molecule has 0 aromatic carbocycles. The maximum atomic E-state index is 12.6. The highest BCUT2D eigenvalue weighted by atomic mass is 16.5. The minimum absolute atomic E-state index is 0.0273. The van der Waals surface area contributed by atoms with Gasteiger partial charge in [0.25, 0.3) is 0 Å². The van der Waals surface area contributed by atoms with Gasteiger partial charge in [0, 0.05) is 24.2 Å². The van der Waals surface area contributed by atoms with Crippen molar-refractivity contribution in [3.05, 3.63) is 11.6 Å². The molecule has 3 saturated carbocycles. The predicted molar refractivity (Wildman–Crippen MR) is 110 cm³/mol. The molecule has 0 unspecified atom stereocenters. The van der Waals surface area contributed by atoms with E-state index in [2.05, 4.69) is 13.8 Å². The summed E-state index contributed by atoms with van der Waals surface area (Å²) in [6.45, 7) is 6.07. The Labute approximate surface area is 183 Å². The van der Waals surface area contributed by atoms with Crippen molar-refractivity contribution in [1.82, 2.24) is 0 Å². The van der Waals surface area contributed by atoms with Crippen LogP contribution in [0.15, 0.2) is 11.6 Å². The second kappa shape index (κ2) is 7.86. The summed E-state index contributed by atoms with van der Waals surface area (Å²) in [5.74, 6) is -0.602. The van der Waals surface area contributed by atoms with Gasteiger partial charge in [0.2, 0.25) is 0 Å². The summed E-state index contributed by atoms with van der Waals surface area (Å²) in [6.07, 6.45) is 6.48. The van der Waals surface area contributed by atoms with Crippen LogP contribution >= 0.6 is 0 Å². The first kappa shape index (κ1) is 22.2. The quantitative estimate of drug-likeness (QED) is 0.623. The Balaban J connectivity index is 1.70. The standard InChI is InChI=1S/C25H34O6/c1-14(26)18-6-7-19-17-5-4-15-12-16(27)10-11-24(15,2)23(17)20(13-25(18,19)3)31-22(30)9-8-21(28)29/h12,17-20,23H,4-11,13H2,1-3H3,(H,28,29)/p-1/t17-,18-,19+,20-,23+,24+,25-/m1/s1. The lowest BCUT2D eigenvalue weighted by Crippen LogP contribution is -2.58. The number of carboxylic acids is 1. The summed E-state index contributed by atoms with van der Waals surface area (Å²) in [6, 6.07) is 0. The number of allylic oxidation sites excluding steroid dienone is 1. The monoisotopic (exact) mass is 429 g/mol. The second-order valence-corrected chi connectivity index (χ2v) is 10.7. The molecule has 0 amide bonds. The molecule has 0 aliphatic heterocycles. The van der Waals surface area contributed by atoms with E-state index >= 15 is 0 Å².